The number of amides is 1. The highest BCUT2D eigenvalue weighted by molar-refractivity contribution is 5.81. The quantitative estimate of drug-likeness (QED) is 0.818. The molecule has 1 N–H and O–H groups in total. The van der Waals surface area contributed by atoms with Crippen molar-refractivity contribution in [1.82, 2.24) is 4.90 Å². The summed E-state index contributed by atoms with van der Waals surface area (Å²) in [4.78, 5) is 24.3. The number of carbonyl (C=O) groups is 2. The largest absolute Gasteiger partial charge is 0.490 e. The van der Waals surface area contributed by atoms with E-state index in [0.29, 0.717) is 31.7 Å². The summed E-state index contributed by atoms with van der Waals surface area (Å²) in [5.41, 5.74) is 0.775. The van der Waals surface area contributed by atoms with Gasteiger partial charge in [-0.3, -0.25) is 9.59 Å². The molecule has 6 heteroatoms. The smallest absolute Gasteiger partial charge is 0.219 e. The van der Waals surface area contributed by atoms with Crippen LogP contribution in [0.1, 0.15) is 43.5 Å². The summed E-state index contributed by atoms with van der Waals surface area (Å²) in [5, 5.41) is 3.25. The number of hydrogen-bond donors (Lipinski definition) is 1. The predicted molar refractivity (Wildman–Crippen MR) is 86.5 cm³/mol. The van der Waals surface area contributed by atoms with Gasteiger partial charge in [0.05, 0.1) is 12.2 Å². The Bertz CT molecular complexity index is 569. The number of hydrogen-bond acceptors (Lipinski definition) is 4. The van der Waals surface area contributed by atoms with Gasteiger partial charge in [0.1, 0.15) is 0 Å². The van der Waals surface area contributed by atoms with Crippen LogP contribution < -0.4 is 10.1 Å². The summed E-state index contributed by atoms with van der Waals surface area (Å²) < 4.78 is 19.5. The number of piperidine rings is 1. The third kappa shape index (κ3) is 4.43. The second kappa shape index (κ2) is 7.94. The highest BCUT2D eigenvalue weighted by Crippen LogP contribution is 2.27. The number of likely N-dealkylation sites (tertiary alicyclic amines) is 1. The van der Waals surface area contributed by atoms with Gasteiger partial charge in [0.15, 0.2) is 17.9 Å². The van der Waals surface area contributed by atoms with Crippen LogP contribution in [0.15, 0.2) is 12.1 Å². The van der Waals surface area contributed by atoms with Gasteiger partial charge in [0.2, 0.25) is 5.91 Å². The zero-order valence-electron chi connectivity index (χ0n) is 13.6. The van der Waals surface area contributed by atoms with Crippen LogP contribution in [0.3, 0.4) is 0 Å². The number of carbonyl (C=O) groups excluding carboxylic acids is 2. The maximum absolute atomic E-state index is 14.2. The fourth-order valence-electron chi connectivity index (χ4n) is 2.72. The second-order valence-electron chi connectivity index (χ2n) is 5.77. The molecule has 1 saturated heterocycles. The molecule has 1 aliphatic rings. The monoisotopic (exact) mass is 322 g/mol. The van der Waals surface area contributed by atoms with Gasteiger partial charge in [-0.05, 0) is 25.3 Å². The van der Waals surface area contributed by atoms with Gasteiger partial charge >= 0.3 is 0 Å². The fraction of sp³-hybridized carbons (Fsp3) is 0.529. The van der Waals surface area contributed by atoms with Gasteiger partial charge in [-0.25, -0.2) is 4.39 Å². The molecule has 1 fully saturated rings. The third-order valence-electron chi connectivity index (χ3n) is 3.96. The summed E-state index contributed by atoms with van der Waals surface area (Å²) >= 11 is 0. The molecular formula is C17H23FN2O3. The average molecular weight is 322 g/mol. The lowest BCUT2D eigenvalue weighted by molar-refractivity contribution is -0.129. The van der Waals surface area contributed by atoms with E-state index in [0.717, 1.165) is 19.3 Å². The first kappa shape index (κ1) is 17.2. The Kier molecular flexibility index (Phi) is 5.96. The van der Waals surface area contributed by atoms with Crippen LogP contribution in [0.5, 0.6) is 5.75 Å². The summed E-state index contributed by atoms with van der Waals surface area (Å²) in [5.74, 6) is -0.444. The molecule has 1 amide bonds. The van der Waals surface area contributed by atoms with Crippen molar-refractivity contribution in [3.05, 3.63) is 23.5 Å². The highest BCUT2D eigenvalue weighted by Gasteiger charge is 2.21. The number of ether oxygens (including phenoxy) is 1. The van der Waals surface area contributed by atoms with Crippen LogP contribution in [0.2, 0.25) is 0 Å². The minimum absolute atomic E-state index is 0.0128. The predicted octanol–water partition coefficient (Wildman–Crippen LogP) is 2.85. The molecule has 126 valence electrons. The molecule has 0 saturated carbocycles. The zero-order chi connectivity index (χ0) is 16.8. The fourth-order valence-corrected chi connectivity index (χ4v) is 2.72. The van der Waals surface area contributed by atoms with E-state index in [9.17, 15) is 14.0 Å². The van der Waals surface area contributed by atoms with Gasteiger partial charge in [-0.2, -0.15) is 0 Å². The molecule has 0 unspecified atom stereocenters. The van der Waals surface area contributed by atoms with E-state index in [4.69, 9.17) is 4.74 Å². The van der Waals surface area contributed by atoms with Crippen molar-refractivity contribution in [2.24, 2.45) is 0 Å². The van der Waals surface area contributed by atoms with Crippen LogP contribution in [0, 0.1) is 5.82 Å². The molecule has 5 nitrogen and oxygen atoms in total. The Hall–Kier alpha value is -2.11. The second-order valence-corrected chi connectivity index (χ2v) is 5.77. The Balaban J connectivity index is 2.05. The Morgan fingerprint density at radius 1 is 1.43 bits per heavy atom. The molecule has 23 heavy (non-hydrogen) atoms. The average Bonchev–Trinajstić information content (AvgIpc) is 2.54. The Morgan fingerprint density at radius 2 is 2.13 bits per heavy atom. The van der Waals surface area contributed by atoms with Crippen molar-refractivity contribution < 1.29 is 18.7 Å². The molecule has 1 aliphatic heterocycles. The van der Waals surface area contributed by atoms with Crippen LogP contribution in [-0.2, 0) is 4.79 Å². The number of aldehydes is 1. The van der Waals surface area contributed by atoms with Crippen LogP contribution >= 0.6 is 0 Å². The summed E-state index contributed by atoms with van der Waals surface area (Å²) in [6, 6.07) is 3.13. The van der Waals surface area contributed by atoms with Gasteiger partial charge in [-0.15, -0.1) is 0 Å². The lowest BCUT2D eigenvalue weighted by Crippen LogP contribution is -2.41. The molecular weight excluding hydrogens is 299 g/mol. The van der Waals surface area contributed by atoms with E-state index in [1.807, 2.05) is 6.92 Å². The highest BCUT2D eigenvalue weighted by atomic mass is 19.1. The number of anilines is 1. The number of rotatable bonds is 6. The zero-order valence-corrected chi connectivity index (χ0v) is 13.6. The van der Waals surface area contributed by atoms with Gasteiger partial charge < -0.3 is 15.0 Å². The lowest BCUT2D eigenvalue weighted by atomic mass is 10.0. The van der Waals surface area contributed by atoms with E-state index in [1.54, 1.807) is 17.9 Å². The first-order valence-electron chi connectivity index (χ1n) is 7.98. The molecule has 0 bridgehead atoms. The van der Waals surface area contributed by atoms with Gasteiger partial charge in [-0.1, -0.05) is 6.92 Å². The molecule has 1 heterocycles. The summed E-state index contributed by atoms with van der Waals surface area (Å²) in [6.45, 7) is 5.23. The number of nitrogens with one attached hydrogen (secondary N) is 1. The van der Waals surface area contributed by atoms with Gasteiger partial charge in [0.25, 0.3) is 0 Å². The molecule has 1 aromatic carbocycles. The molecule has 0 spiro atoms. The van der Waals surface area contributed by atoms with Crippen molar-refractivity contribution in [2.45, 2.75) is 39.2 Å². The van der Waals surface area contributed by atoms with Gasteiger partial charge in [0, 0.05) is 37.8 Å². The molecule has 0 aromatic heterocycles. The van der Waals surface area contributed by atoms with Crippen LogP contribution in [0.25, 0.3) is 0 Å². The Morgan fingerprint density at radius 3 is 2.70 bits per heavy atom. The molecule has 0 radical (unpaired) electrons. The van der Waals surface area contributed by atoms with Crippen molar-refractivity contribution in [3.63, 3.8) is 0 Å². The van der Waals surface area contributed by atoms with Crippen molar-refractivity contribution in [3.8, 4) is 5.75 Å². The number of nitrogens with zero attached hydrogens (tertiary/aromatic N) is 1. The normalized spacial score (nSPS) is 15.3. The topological polar surface area (TPSA) is 58.6 Å². The minimum Gasteiger partial charge on any atom is -0.490 e. The number of benzene rings is 1. The summed E-state index contributed by atoms with van der Waals surface area (Å²) in [6.07, 6.45) is 2.95. The molecule has 2 rings (SSSR count). The Labute approximate surface area is 135 Å². The minimum atomic E-state index is -0.535. The van der Waals surface area contributed by atoms with E-state index in [-0.39, 0.29) is 23.3 Å². The van der Waals surface area contributed by atoms with E-state index in [2.05, 4.69) is 5.32 Å². The molecule has 0 aliphatic carbocycles. The van der Waals surface area contributed by atoms with Crippen LogP contribution in [-0.4, -0.2) is 42.8 Å². The SMILES string of the molecule is CCCOc1c(F)cc(NC2CCN(C(C)=O)CC2)cc1C=O. The first-order valence-corrected chi connectivity index (χ1v) is 7.98. The molecule has 1 aromatic rings. The number of halogens is 1. The van der Waals surface area contributed by atoms with Crippen molar-refractivity contribution in [1.29, 1.82) is 0 Å². The van der Waals surface area contributed by atoms with Crippen LogP contribution in [0.4, 0.5) is 10.1 Å². The third-order valence-corrected chi connectivity index (χ3v) is 3.96. The standard InChI is InChI=1S/C17H23FN2O3/c1-3-8-23-17-13(11-21)9-15(10-16(17)18)19-14-4-6-20(7-5-14)12(2)22/h9-11,14,19H,3-8H2,1-2H3. The maximum atomic E-state index is 14.2. The van der Waals surface area contributed by atoms with E-state index < -0.39 is 5.82 Å². The lowest BCUT2D eigenvalue weighted by Gasteiger charge is -2.32. The maximum Gasteiger partial charge on any atom is 0.219 e. The van der Waals surface area contributed by atoms with Crippen molar-refractivity contribution in [2.75, 3.05) is 25.0 Å². The summed E-state index contributed by atoms with van der Waals surface area (Å²) in [7, 11) is 0. The first-order chi connectivity index (χ1) is 11.0. The van der Waals surface area contributed by atoms with Crippen molar-refractivity contribution >= 4 is 17.9 Å². The van der Waals surface area contributed by atoms with E-state index in [1.165, 1.54) is 6.07 Å². The van der Waals surface area contributed by atoms with E-state index >= 15 is 0 Å². The molecule has 0 atom stereocenters.